The maximum Gasteiger partial charge on any atom is 0.262 e. The molecule has 1 aliphatic rings. The largest absolute Gasteiger partial charge is 0.493 e. The van der Waals surface area contributed by atoms with Gasteiger partial charge in [0.05, 0.1) is 30.9 Å². The lowest BCUT2D eigenvalue weighted by Crippen LogP contribution is -2.20. The Balaban J connectivity index is 1.41. The number of aromatic nitrogens is 3. The molecule has 0 bridgehead atoms. The minimum Gasteiger partial charge on any atom is -0.493 e. The molecule has 0 radical (unpaired) electrons. The number of hydrogen-bond acceptors (Lipinski definition) is 8. The van der Waals surface area contributed by atoms with E-state index in [0.29, 0.717) is 17.3 Å². The summed E-state index contributed by atoms with van der Waals surface area (Å²) in [5, 5.41) is 4.46. The molecule has 0 unspecified atom stereocenters. The van der Waals surface area contributed by atoms with Gasteiger partial charge in [0.1, 0.15) is 9.84 Å². The minimum atomic E-state index is 0.0620. The zero-order valence-electron chi connectivity index (χ0n) is 17.4. The Hall–Kier alpha value is -2.36. The molecule has 1 aliphatic carbocycles. The molecule has 9 heteroatoms. The second-order valence-electron chi connectivity index (χ2n) is 7.27. The van der Waals surface area contributed by atoms with Gasteiger partial charge in [0.15, 0.2) is 16.7 Å². The highest BCUT2D eigenvalue weighted by molar-refractivity contribution is 7.98. The number of aryl methyl sites for hydroxylation is 2. The third kappa shape index (κ3) is 3.54. The van der Waals surface area contributed by atoms with Crippen LogP contribution in [0.15, 0.2) is 33.5 Å². The molecule has 0 N–H and O–H groups in total. The van der Waals surface area contributed by atoms with Crippen molar-refractivity contribution in [2.75, 3.05) is 14.2 Å². The molecule has 31 heavy (non-hydrogen) atoms. The Bertz CT molecular complexity index is 1340. The van der Waals surface area contributed by atoms with Crippen LogP contribution in [-0.4, -0.2) is 28.8 Å². The quantitative estimate of drug-likeness (QED) is 0.294. The van der Waals surface area contributed by atoms with Crippen LogP contribution in [0, 0.1) is 0 Å². The van der Waals surface area contributed by atoms with Crippen molar-refractivity contribution in [1.82, 2.24) is 14.5 Å². The lowest BCUT2D eigenvalue weighted by atomic mass is 10.2. The number of thioether (sulfide) groups is 1. The molecule has 3 heterocycles. The number of rotatable bonds is 6. The van der Waals surface area contributed by atoms with Crippen molar-refractivity contribution in [3.8, 4) is 22.1 Å². The summed E-state index contributed by atoms with van der Waals surface area (Å²) in [6.07, 6.45) is 3.20. The molecule has 0 amide bonds. The zero-order chi connectivity index (χ0) is 21.5. The van der Waals surface area contributed by atoms with Gasteiger partial charge in [-0.15, -0.1) is 22.7 Å². The Morgan fingerprint density at radius 1 is 1.19 bits per heavy atom. The van der Waals surface area contributed by atoms with E-state index in [1.54, 1.807) is 53.2 Å². The van der Waals surface area contributed by atoms with Crippen LogP contribution in [0.25, 0.3) is 20.8 Å². The maximum atomic E-state index is 13.0. The smallest absolute Gasteiger partial charge is 0.262 e. The maximum absolute atomic E-state index is 13.0. The molecule has 0 saturated heterocycles. The third-order valence-corrected chi connectivity index (χ3v) is 8.61. The van der Waals surface area contributed by atoms with Gasteiger partial charge in [-0.1, -0.05) is 17.8 Å². The Morgan fingerprint density at radius 3 is 2.87 bits per heavy atom. The van der Waals surface area contributed by atoms with Crippen molar-refractivity contribution in [3.05, 3.63) is 50.1 Å². The number of para-hydroxylation sites is 1. The summed E-state index contributed by atoms with van der Waals surface area (Å²) in [6, 6.07) is 5.78. The highest BCUT2D eigenvalue weighted by Crippen LogP contribution is 2.40. The Labute approximate surface area is 191 Å². The van der Waals surface area contributed by atoms with E-state index in [0.717, 1.165) is 50.9 Å². The predicted octanol–water partition coefficient (Wildman–Crippen LogP) is 4.92. The van der Waals surface area contributed by atoms with Crippen LogP contribution >= 0.6 is 34.4 Å². The number of thiazole rings is 1. The van der Waals surface area contributed by atoms with E-state index < -0.39 is 0 Å². The number of methoxy groups -OCH3 is 2. The molecule has 3 aromatic heterocycles. The first-order valence-corrected chi connectivity index (χ1v) is 12.6. The molecule has 0 saturated carbocycles. The van der Waals surface area contributed by atoms with Crippen LogP contribution in [-0.2, 0) is 25.6 Å². The predicted molar refractivity (Wildman–Crippen MR) is 127 cm³/mol. The third-order valence-electron chi connectivity index (χ3n) is 5.44. The lowest BCUT2D eigenvalue weighted by molar-refractivity contribution is 0.356. The van der Waals surface area contributed by atoms with Crippen LogP contribution in [0.3, 0.4) is 0 Å². The number of hydrogen-bond donors (Lipinski definition) is 0. The van der Waals surface area contributed by atoms with E-state index in [-0.39, 0.29) is 5.56 Å². The summed E-state index contributed by atoms with van der Waals surface area (Å²) >= 11 is 4.79. The Morgan fingerprint density at radius 2 is 2.06 bits per heavy atom. The first kappa shape index (κ1) is 20.5. The van der Waals surface area contributed by atoms with Crippen molar-refractivity contribution in [3.63, 3.8) is 0 Å². The van der Waals surface area contributed by atoms with Gasteiger partial charge in [0.2, 0.25) is 0 Å². The van der Waals surface area contributed by atoms with Crippen molar-refractivity contribution in [2.45, 2.75) is 30.2 Å². The summed E-state index contributed by atoms with van der Waals surface area (Å²) < 4.78 is 12.6. The van der Waals surface area contributed by atoms with E-state index in [1.807, 2.05) is 30.6 Å². The molecule has 0 spiro atoms. The summed E-state index contributed by atoms with van der Waals surface area (Å²) in [6.45, 7) is 0. The molecule has 0 fully saturated rings. The highest BCUT2D eigenvalue weighted by Gasteiger charge is 2.22. The zero-order valence-corrected chi connectivity index (χ0v) is 19.9. The highest BCUT2D eigenvalue weighted by atomic mass is 32.2. The van der Waals surface area contributed by atoms with Gasteiger partial charge < -0.3 is 9.47 Å². The van der Waals surface area contributed by atoms with Crippen LogP contribution in [0.2, 0.25) is 0 Å². The number of nitrogens with zero attached hydrogens (tertiary/aromatic N) is 3. The van der Waals surface area contributed by atoms with Crippen molar-refractivity contribution >= 4 is 44.7 Å². The molecular formula is C22H21N3O3S3. The van der Waals surface area contributed by atoms with E-state index >= 15 is 0 Å². The standard InChI is InChI=1S/C22H21N3O3S3/c1-25-21(26)17-13-6-5-9-16(13)31-20(17)24-22(25)30-11-12-10-29-19(23-12)14-7-4-8-15(27-2)18(14)28-3/h4,7-8,10H,5-6,9,11H2,1-3H3. The topological polar surface area (TPSA) is 66.2 Å². The first-order chi connectivity index (χ1) is 15.1. The summed E-state index contributed by atoms with van der Waals surface area (Å²) in [7, 11) is 5.07. The van der Waals surface area contributed by atoms with Crippen molar-refractivity contribution in [2.24, 2.45) is 7.05 Å². The average molecular weight is 472 g/mol. The van der Waals surface area contributed by atoms with Crippen LogP contribution < -0.4 is 15.0 Å². The molecule has 0 atom stereocenters. The number of fused-ring (bicyclic) bond motifs is 3. The second-order valence-corrected chi connectivity index (χ2v) is 10.2. The first-order valence-electron chi connectivity index (χ1n) is 9.90. The number of benzene rings is 1. The van der Waals surface area contributed by atoms with Gasteiger partial charge in [0, 0.05) is 23.1 Å². The summed E-state index contributed by atoms with van der Waals surface area (Å²) in [5.74, 6) is 2.00. The van der Waals surface area contributed by atoms with Gasteiger partial charge in [-0.05, 0) is 37.0 Å². The molecule has 0 aliphatic heterocycles. The molecule has 6 nitrogen and oxygen atoms in total. The van der Waals surface area contributed by atoms with Crippen LogP contribution in [0.1, 0.15) is 22.6 Å². The van der Waals surface area contributed by atoms with E-state index in [2.05, 4.69) is 0 Å². The average Bonchev–Trinajstić information content (AvgIpc) is 3.50. The van der Waals surface area contributed by atoms with E-state index in [9.17, 15) is 4.79 Å². The Kier molecular flexibility index (Phi) is 5.49. The minimum absolute atomic E-state index is 0.0620. The normalized spacial score (nSPS) is 13.0. The van der Waals surface area contributed by atoms with Crippen molar-refractivity contribution in [1.29, 1.82) is 0 Å². The second kappa shape index (κ2) is 8.29. The van der Waals surface area contributed by atoms with Gasteiger partial charge in [-0.25, -0.2) is 9.97 Å². The SMILES string of the molecule is COc1cccc(-c2nc(CSc3nc4sc5c(c4c(=O)n3C)CCC5)cs2)c1OC. The number of thiophene rings is 1. The van der Waals surface area contributed by atoms with E-state index in [4.69, 9.17) is 19.4 Å². The van der Waals surface area contributed by atoms with Gasteiger partial charge in [0.25, 0.3) is 5.56 Å². The summed E-state index contributed by atoms with van der Waals surface area (Å²) in [4.78, 5) is 24.8. The van der Waals surface area contributed by atoms with Gasteiger partial charge >= 0.3 is 0 Å². The van der Waals surface area contributed by atoms with Gasteiger partial charge in [-0.2, -0.15) is 0 Å². The van der Waals surface area contributed by atoms with Crippen LogP contribution in [0.4, 0.5) is 0 Å². The fourth-order valence-corrected chi connectivity index (χ4v) is 7.04. The molecule has 5 rings (SSSR count). The van der Waals surface area contributed by atoms with Crippen molar-refractivity contribution < 1.29 is 9.47 Å². The molecule has 4 aromatic rings. The van der Waals surface area contributed by atoms with Crippen LogP contribution in [0.5, 0.6) is 11.5 Å². The summed E-state index contributed by atoms with van der Waals surface area (Å²) in [5.41, 5.74) is 3.13. The molecule has 160 valence electrons. The fourth-order valence-electron chi connectivity index (χ4n) is 3.93. The molecular weight excluding hydrogens is 450 g/mol. The molecule has 1 aromatic carbocycles. The number of ether oxygens (including phenoxy) is 2. The fraction of sp³-hybridized carbons (Fsp3) is 0.318. The monoisotopic (exact) mass is 471 g/mol. The van der Waals surface area contributed by atoms with E-state index in [1.165, 1.54) is 10.4 Å². The van der Waals surface area contributed by atoms with Gasteiger partial charge in [-0.3, -0.25) is 9.36 Å². The lowest BCUT2D eigenvalue weighted by Gasteiger charge is -2.10.